The van der Waals surface area contributed by atoms with Crippen molar-refractivity contribution < 1.29 is 9.58 Å². The number of amides is 1. The maximum absolute atomic E-state index is 11.0. The molecule has 1 atom stereocenters. The van der Waals surface area contributed by atoms with Crippen molar-refractivity contribution in [1.82, 2.24) is 4.90 Å². The minimum atomic E-state index is 0.149. The average Bonchev–Trinajstić information content (AvgIpc) is 2.07. The maximum atomic E-state index is 11.0. The number of nitrogens with zero attached hydrogens (tertiary/aromatic N) is 3. The largest absolute Gasteiger partial charge is 0.362 e. The van der Waals surface area contributed by atoms with Gasteiger partial charge in [-0.1, -0.05) is 0 Å². The van der Waals surface area contributed by atoms with E-state index in [2.05, 4.69) is 4.79 Å². The van der Waals surface area contributed by atoms with Gasteiger partial charge in [0.2, 0.25) is 5.91 Å². The third kappa shape index (κ3) is 1.07. The van der Waals surface area contributed by atoms with E-state index in [9.17, 15) is 4.79 Å². The minimum Gasteiger partial charge on any atom is -0.362 e. The molecule has 1 saturated heterocycles. The van der Waals surface area contributed by atoms with Gasteiger partial charge in [-0.05, 0) is 0 Å². The Kier molecular flexibility index (Phi) is 1.75. The topological polar surface area (TPSA) is 56.7 Å². The molecular formula is C7H7N3OS. The van der Waals surface area contributed by atoms with Gasteiger partial charge in [-0.15, -0.1) is 11.8 Å². The molecule has 2 rings (SSSR count). The van der Waals surface area contributed by atoms with Crippen LogP contribution >= 0.6 is 11.8 Å². The number of rotatable bonds is 1. The molecule has 1 amide bonds. The molecular weight excluding hydrogens is 174 g/mol. The lowest BCUT2D eigenvalue weighted by molar-refractivity contribution is -0.137. The van der Waals surface area contributed by atoms with E-state index in [0.29, 0.717) is 11.8 Å². The Morgan fingerprint density at radius 3 is 3.33 bits per heavy atom. The lowest BCUT2D eigenvalue weighted by Gasteiger charge is -2.39. The van der Waals surface area contributed by atoms with Crippen LogP contribution in [-0.4, -0.2) is 32.9 Å². The molecule has 0 aromatic carbocycles. The van der Waals surface area contributed by atoms with E-state index < -0.39 is 0 Å². The molecule has 0 aromatic rings. The van der Waals surface area contributed by atoms with Gasteiger partial charge in [0.1, 0.15) is 0 Å². The summed E-state index contributed by atoms with van der Waals surface area (Å²) in [5.74, 6) is 0.967. The third-order valence-electron chi connectivity index (χ3n) is 1.92. The predicted octanol–water partition coefficient (Wildman–Crippen LogP) is 0.476. The summed E-state index contributed by atoms with van der Waals surface area (Å²) in [5, 5.41) is 0.327. The summed E-state index contributed by atoms with van der Waals surface area (Å²) in [6.45, 7) is 0. The van der Waals surface area contributed by atoms with E-state index in [1.54, 1.807) is 22.9 Å². The van der Waals surface area contributed by atoms with Crippen LogP contribution in [0.15, 0.2) is 11.8 Å². The van der Waals surface area contributed by atoms with Gasteiger partial charge in [0, 0.05) is 12.0 Å². The van der Waals surface area contributed by atoms with Crippen molar-refractivity contribution in [3.05, 3.63) is 17.3 Å². The highest BCUT2D eigenvalue weighted by Crippen LogP contribution is 2.34. The maximum Gasteiger partial charge on any atom is 0.286 e. The number of fused-ring (bicyclic) bond motifs is 1. The predicted molar refractivity (Wildman–Crippen MR) is 45.5 cm³/mol. The Bertz CT molecular complexity index is 306. The van der Waals surface area contributed by atoms with Crippen LogP contribution in [0.25, 0.3) is 5.53 Å². The van der Waals surface area contributed by atoms with Crippen LogP contribution in [0.4, 0.5) is 0 Å². The second kappa shape index (κ2) is 2.77. The van der Waals surface area contributed by atoms with E-state index >= 15 is 0 Å². The fraction of sp³-hybridized carbons (Fsp3) is 0.429. The van der Waals surface area contributed by atoms with Crippen LogP contribution in [-0.2, 0) is 4.79 Å². The van der Waals surface area contributed by atoms with Gasteiger partial charge in [0.25, 0.3) is 6.21 Å². The number of β-lactam (4-membered cyclic amide) rings is 1. The zero-order valence-electron chi connectivity index (χ0n) is 6.30. The second-order valence-electron chi connectivity index (χ2n) is 2.72. The molecule has 0 aromatic heterocycles. The summed E-state index contributed by atoms with van der Waals surface area (Å²) in [6, 6.07) is 0. The van der Waals surface area contributed by atoms with Crippen LogP contribution in [0.3, 0.4) is 0 Å². The first-order valence-corrected chi connectivity index (χ1v) is 4.67. The van der Waals surface area contributed by atoms with Crippen molar-refractivity contribution in [2.24, 2.45) is 0 Å². The number of hydrogen-bond acceptors (Lipinski definition) is 2. The van der Waals surface area contributed by atoms with E-state index in [1.165, 1.54) is 6.21 Å². The molecule has 5 heteroatoms. The highest BCUT2D eigenvalue weighted by Gasteiger charge is 2.38. The van der Waals surface area contributed by atoms with Gasteiger partial charge >= 0.3 is 0 Å². The fourth-order valence-corrected chi connectivity index (χ4v) is 2.38. The van der Waals surface area contributed by atoms with Crippen molar-refractivity contribution in [1.29, 1.82) is 0 Å². The molecule has 2 heterocycles. The molecule has 62 valence electrons. The molecule has 0 radical (unpaired) electrons. The Morgan fingerprint density at radius 2 is 2.67 bits per heavy atom. The van der Waals surface area contributed by atoms with E-state index in [-0.39, 0.29) is 5.91 Å². The van der Waals surface area contributed by atoms with Crippen molar-refractivity contribution >= 4 is 23.9 Å². The molecule has 2 aliphatic rings. The van der Waals surface area contributed by atoms with Crippen molar-refractivity contribution in [2.45, 2.75) is 11.8 Å². The van der Waals surface area contributed by atoms with Crippen LogP contribution in [0.5, 0.6) is 0 Å². The van der Waals surface area contributed by atoms with E-state index in [1.807, 2.05) is 0 Å². The molecule has 4 nitrogen and oxygen atoms in total. The molecule has 0 saturated carbocycles. The molecule has 0 aliphatic carbocycles. The Hall–Kier alpha value is -1.06. The number of carbonyl (C=O) groups excluding carboxylic acids is 1. The number of hydrogen-bond donors (Lipinski definition) is 0. The summed E-state index contributed by atoms with van der Waals surface area (Å²) < 4.78 is 0. The third-order valence-corrected chi connectivity index (χ3v) is 3.20. The summed E-state index contributed by atoms with van der Waals surface area (Å²) in [4.78, 5) is 15.6. The molecule has 0 unspecified atom stereocenters. The summed E-state index contributed by atoms with van der Waals surface area (Å²) >= 11 is 1.70. The van der Waals surface area contributed by atoms with Crippen LogP contribution in [0, 0.1) is 0 Å². The van der Waals surface area contributed by atoms with Crippen LogP contribution in [0.2, 0.25) is 0 Å². The zero-order valence-corrected chi connectivity index (χ0v) is 7.12. The Labute approximate surface area is 73.9 Å². The summed E-state index contributed by atoms with van der Waals surface area (Å²) in [7, 11) is 0. The van der Waals surface area contributed by atoms with Crippen molar-refractivity contribution in [3.8, 4) is 0 Å². The number of thioether (sulfide) groups is 1. The summed E-state index contributed by atoms with van der Waals surface area (Å²) in [5.41, 5.74) is 9.15. The highest BCUT2D eigenvalue weighted by atomic mass is 32.2. The van der Waals surface area contributed by atoms with Gasteiger partial charge in [-0.2, -0.15) is 4.79 Å². The first kappa shape index (κ1) is 7.58. The average molecular weight is 181 g/mol. The highest BCUT2D eigenvalue weighted by molar-refractivity contribution is 8.00. The molecule has 0 spiro atoms. The second-order valence-corrected chi connectivity index (χ2v) is 3.89. The lowest BCUT2D eigenvalue weighted by atomic mass is 10.2. The lowest BCUT2D eigenvalue weighted by Crippen LogP contribution is -2.49. The first-order valence-electron chi connectivity index (χ1n) is 3.62. The normalized spacial score (nSPS) is 26.7. The molecule has 12 heavy (non-hydrogen) atoms. The zero-order chi connectivity index (χ0) is 8.55. The van der Waals surface area contributed by atoms with Crippen molar-refractivity contribution in [3.63, 3.8) is 0 Å². The fourth-order valence-electron chi connectivity index (χ4n) is 1.25. The van der Waals surface area contributed by atoms with E-state index in [0.717, 1.165) is 11.3 Å². The molecule has 0 bridgehead atoms. The Morgan fingerprint density at radius 1 is 1.83 bits per heavy atom. The molecule has 2 aliphatic heterocycles. The monoisotopic (exact) mass is 181 g/mol. The van der Waals surface area contributed by atoms with Gasteiger partial charge in [0.15, 0.2) is 0 Å². The van der Waals surface area contributed by atoms with Gasteiger partial charge in [-0.3, -0.25) is 4.79 Å². The standard InChI is InChI=1S/C7H7N3OS/c8-9-2-5-3-10-6(11)1-7(10)12-4-5/h2-3,7H,1,4H2/t7-/m1/s1. The quantitative estimate of drug-likeness (QED) is 0.255. The van der Waals surface area contributed by atoms with Crippen LogP contribution in [0.1, 0.15) is 6.42 Å². The van der Waals surface area contributed by atoms with Gasteiger partial charge < -0.3 is 10.4 Å². The van der Waals surface area contributed by atoms with Gasteiger partial charge in [0.05, 0.1) is 17.4 Å². The van der Waals surface area contributed by atoms with Gasteiger partial charge in [-0.25, -0.2) is 0 Å². The minimum absolute atomic E-state index is 0.149. The van der Waals surface area contributed by atoms with Crippen molar-refractivity contribution in [2.75, 3.05) is 5.75 Å². The summed E-state index contributed by atoms with van der Waals surface area (Å²) in [6.07, 6.45) is 3.77. The smallest absolute Gasteiger partial charge is 0.286 e. The van der Waals surface area contributed by atoms with E-state index in [4.69, 9.17) is 5.53 Å². The molecule has 1 fully saturated rings. The Balaban J connectivity index is 2.18. The first-order chi connectivity index (χ1) is 5.81. The SMILES string of the molecule is [N-]=[N+]=CC1=CN2C(=O)C[C@H]2SC1. The molecule has 0 N–H and O–H groups in total. The van der Waals surface area contributed by atoms with Crippen LogP contribution < -0.4 is 0 Å². The number of carbonyl (C=O) groups is 1.